The number of carbonyl (C=O) groups is 1. The second-order valence-corrected chi connectivity index (χ2v) is 8.64. The van der Waals surface area contributed by atoms with E-state index in [4.69, 9.17) is 0 Å². The molecule has 0 saturated heterocycles. The molecule has 0 fully saturated rings. The maximum Gasteiger partial charge on any atom is 0.257 e. The molecule has 0 saturated carbocycles. The number of rotatable bonds is 0. The minimum atomic E-state index is -0.0724. The van der Waals surface area contributed by atoms with Gasteiger partial charge in [0.1, 0.15) is 6.17 Å². The molecule has 1 unspecified atom stereocenters. The molecular formula is C23H25N3O. The van der Waals surface area contributed by atoms with E-state index in [-0.39, 0.29) is 17.6 Å². The van der Waals surface area contributed by atoms with Crippen LogP contribution in [-0.4, -0.2) is 29.0 Å². The van der Waals surface area contributed by atoms with Gasteiger partial charge < -0.3 is 14.4 Å². The molecule has 5 rings (SSSR count). The first-order valence-electron chi connectivity index (χ1n) is 9.65. The quantitative estimate of drug-likeness (QED) is 0.589. The molecule has 1 aromatic heterocycles. The van der Waals surface area contributed by atoms with Crippen molar-refractivity contribution in [3.05, 3.63) is 65.4 Å². The number of nitrogens with zero attached hydrogens (tertiary/aromatic N) is 3. The number of amides is 1. The van der Waals surface area contributed by atoms with Gasteiger partial charge in [-0.1, -0.05) is 30.3 Å². The van der Waals surface area contributed by atoms with E-state index in [1.54, 1.807) is 0 Å². The van der Waals surface area contributed by atoms with E-state index in [0.29, 0.717) is 0 Å². The predicted octanol–water partition coefficient (Wildman–Crippen LogP) is 4.54. The summed E-state index contributed by atoms with van der Waals surface area (Å²) in [5.41, 5.74) is 5.66. The van der Waals surface area contributed by atoms with Crippen molar-refractivity contribution >= 4 is 22.5 Å². The predicted molar refractivity (Wildman–Crippen MR) is 109 cm³/mol. The fourth-order valence-corrected chi connectivity index (χ4v) is 4.94. The fourth-order valence-electron chi connectivity index (χ4n) is 4.94. The molecule has 0 bridgehead atoms. The van der Waals surface area contributed by atoms with Crippen LogP contribution in [0.2, 0.25) is 0 Å². The topological polar surface area (TPSA) is 28.5 Å². The summed E-state index contributed by atoms with van der Waals surface area (Å²) in [5, 5.41) is 1.32. The van der Waals surface area contributed by atoms with E-state index in [0.717, 1.165) is 24.2 Å². The normalized spacial score (nSPS) is 19.1. The highest BCUT2D eigenvalue weighted by molar-refractivity contribution is 6.02. The van der Waals surface area contributed by atoms with Crippen LogP contribution in [0.25, 0.3) is 10.9 Å². The van der Waals surface area contributed by atoms with Crippen molar-refractivity contribution < 1.29 is 4.79 Å². The Morgan fingerprint density at radius 2 is 1.70 bits per heavy atom. The molecule has 2 aliphatic heterocycles. The van der Waals surface area contributed by atoms with E-state index in [1.165, 1.54) is 22.2 Å². The Balaban J connectivity index is 1.83. The van der Waals surface area contributed by atoms with Crippen molar-refractivity contribution in [3.8, 4) is 0 Å². The molecule has 2 aromatic carbocycles. The zero-order chi connectivity index (χ0) is 18.9. The third-order valence-electron chi connectivity index (χ3n) is 5.98. The summed E-state index contributed by atoms with van der Waals surface area (Å²) in [5.74, 6) is 0.144. The van der Waals surface area contributed by atoms with Crippen LogP contribution in [0.15, 0.2) is 48.5 Å². The first kappa shape index (κ1) is 16.4. The minimum absolute atomic E-state index is 0.0669. The van der Waals surface area contributed by atoms with Crippen LogP contribution in [0.3, 0.4) is 0 Å². The lowest BCUT2D eigenvalue weighted by Gasteiger charge is -2.47. The van der Waals surface area contributed by atoms with Gasteiger partial charge in [0.25, 0.3) is 5.91 Å². The van der Waals surface area contributed by atoms with Gasteiger partial charge >= 0.3 is 0 Å². The van der Waals surface area contributed by atoms with Crippen LogP contribution in [-0.2, 0) is 12.0 Å². The van der Waals surface area contributed by atoms with E-state index < -0.39 is 0 Å². The Morgan fingerprint density at radius 3 is 2.48 bits per heavy atom. The average molecular weight is 359 g/mol. The van der Waals surface area contributed by atoms with Crippen molar-refractivity contribution in [2.45, 2.75) is 38.9 Å². The standard InChI is InChI=1S/C23H25N3O/c1-23(2,3)26-19-12-8-5-9-15(19)16-13-14-25-21(20(16)26)24(4)18-11-7-6-10-17(18)22(25)27/h5-12,21H,13-14H2,1-4H3. The van der Waals surface area contributed by atoms with Crippen LogP contribution in [0.4, 0.5) is 5.69 Å². The number of hydrogen-bond acceptors (Lipinski definition) is 2. The molecule has 2 aliphatic rings. The summed E-state index contributed by atoms with van der Waals surface area (Å²) >= 11 is 0. The van der Waals surface area contributed by atoms with Crippen LogP contribution in [0, 0.1) is 0 Å². The van der Waals surface area contributed by atoms with Gasteiger partial charge in [-0.05, 0) is 51.0 Å². The number of hydrogen-bond donors (Lipinski definition) is 0. The minimum Gasteiger partial charge on any atom is -0.349 e. The number of fused-ring (bicyclic) bond motifs is 6. The summed E-state index contributed by atoms with van der Waals surface area (Å²) in [6.07, 6.45) is 0.833. The summed E-state index contributed by atoms with van der Waals surface area (Å²) in [7, 11) is 2.11. The molecule has 138 valence electrons. The lowest BCUT2D eigenvalue weighted by molar-refractivity contribution is 0.0624. The zero-order valence-electron chi connectivity index (χ0n) is 16.4. The van der Waals surface area contributed by atoms with Crippen molar-refractivity contribution in [2.75, 3.05) is 18.5 Å². The molecule has 27 heavy (non-hydrogen) atoms. The van der Waals surface area contributed by atoms with Crippen LogP contribution in [0.5, 0.6) is 0 Å². The highest BCUT2D eigenvalue weighted by Gasteiger charge is 2.43. The SMILES string of the molecule is CN1c2ccccc2C(=O)N2CCc3c(n(C(C)(C)C)c4ccccc34)C21. The average Bonchev–Trinajstić information content (AvgIpc) is 3.00. The van der Waals surface area contributed by atoms with Gasteiger partial charge in [-0.25, -0.2) is 0 Å². The second-order valence-electron chi connectivity index (χ2n) is 8.64. The smallest absolute Gasteiger partial charge is 0.257 e. The lowest BCUT2D eigenvalue weighted by Crippen LogP contribution is -2.52. The Hall–Kier alpha value is -2.75. The maximum absolute atomic E-state index is 13.3. The van der Waals surface area contributed by atoms with Gasteiger partial charge in [0.15, 0.2) is 0 Å². The van der Waals surface area contributed by atoms with Crippen LogP contribution >= 0.6 is 0 Å². The molecule has 4 nitrogen and oxygen atoms in total. The first-order chi connectivity index (χ1) is 12.9. The lowest BCUT2D eigenvalue weighted by atomic mass is 9.95. The summed E-state index contributed by atoms with van der Waals surface area (Å²) in [6, 6.07) is 16.6. The van der Waals surface area contributed by atoms with E-state index in [1.807, 2.05) is 23.1 Å². The largest absolute Gasteiger partial charge is 0.349 e. The third-order valence-corrected chi connectivity index (χ3v) is 5.98. The summed E-state index contributed by atoms with van der Waals surface area (Å²) in [6.45, 7) is 7.50. The summed E-state index contributed by atoms with van der Waals surface area (Å²) in [4.78, 5) is 17.6. The molecule has 0 aliphatic carbocycles. The van der Waals surface area contributed by atoms with Gasteiger partial charge in [-0.15, -0.1) is 0 Å². The molecule has 3 heterocycles. The molecule has 3 aromatic rings. The summed E-state index contributed by atoms with van der Waals surface area (Å²) < 4.78 is 2.45. The molecule has 1 atom stereocenters. The van der Waals surface area contributed by atoms with Crippen molar-refractivity contribution in [1.29, 1.82) is 0 Å². The molecule has 0 N–H and O–H groups in total. The maximum atomic E-state index is 13.3. The molecule has 1 amide bonds. The van der Waals surface area contributed by atoms with Gasteiger partial charge in [0, 0.05) is 30.0 Å². The van der Waals surface area contributed by atoms with Crippen LogP contribution in [0.1, 0.15) is 48.6 Å². The Kier molecular flexibility index (Phi) is 3.27. The molecule has 4 heteroatoms. The van der Waals surface area contributed by atoms with E-state index >= 15 is 0 Å². The molecule has 0 radical (unpaired) electrons. The number of anilines is 1. The van der Waals surface area contributed by atoms with E-state index in [9.17, 15) is 4.79 Å². The first-order valence-corrected chi connectivity index (χ1v) is 9.65. The van der Waals surface area contributed by atoms with Crippen molar-refractivity contribution in [1.82, 2.24) is 9.47 Å². The van der Waals surface area contributed by atoms with Gasteiger partial charge in [-0.3, -0.25) is 4.79 Å². The molecule has 0 spiro atoms. The van der Waals surface area contributed by atoms with Crippen molar-refractivity contribution in [3.63, 3.8) is 0 Å². The van der Waals surface area contributed by atoms with Gasteiger partial charge in [-0.2, -0.15) is 0 Å². The number of aromatic nitrogens is 1. The zero-order valence-corrected chi connectivity index (χ0v) is 16.4. The molecular weight excluding hydrogens is 334 g/mol. The number of benzene rings is 2. The Bertz CT molecular complexity index is 1070. The van der Waals surface area contributed by atoms with E-state index in [2.05, 4.69) is 67.6 Å². The highest BCUT2D eigenvalue weighted by atomic mass is 16.2. The highest BCUT2D eigenvalue weighted by Crippen LogP contribution is 2.45. The monoisotopic (exact) mass is 359 g/mol. The second kappa shape index (κ2) is 5.38. The number of para-hydroxylation sites is 2. The Morgan fingerprint density at radius 1 is 1.00 bits per heavy atom. The van der Waals surface area contributed by atoms with Gasteiger partial charge in [0.05, 0.1) is 16.9 Å². The van der Waals surface area contributed by atoms with Crippen LogP contribution < -0.4 is 4.90 Å². The van der Waals surface area contributed by atoms with Gasteiger partial charge in [0.2, 0.25) is 0 Å². The fraction of sp³-hybridized carbons (Fsp3) is 0.348. The number of carbonyl (C=O) groups excluding carboxylic acids is 1. The third kappa shape index (κ3) is 2.13. The Labute approximate surface area is 160 Å². The van der Waals surface area contributed by atoms with Crippen molar-refractivity contribution in [2.24, 2.45) is 0 Å².